The Bertz CT molecular complexity index is 740. The zero-order valence-electron chi connectivity index (χ0n) is 13.2. The molecular weight excluding hydrogens is 360 g/mol. The van der Waals surface area contributed by atoms with Gasteiger partial charge in [-0.15, -0.1) is 5.06 Å². The summed E-state index contributed by atoms with van der Waals surface area (Å²) >= 11 is 0. The van der Waals surface area contributed by atoms with Gasteiger partial charge in [-0.3, -0.25) is 18.9 Å². The number of carbonyl (C=O) groups is 4. The van der Waals surface area contributed by atoms with Crippen molar-refractivity contribution in [3.05, 3.63) is 0 Å². The van der Waals surface area contributed by atoms with E-state index in [4.69, 9.17) is 4.55 Å². The number of carbonyl (C=O) groups excluding carboxylic acids is 4. The Kier molecular flexibility index (Phi) is 5.17. The van der Waals surface area contributed by atoms with E-state index in [2.05, 4.69) is 20.4 Å². The van der Waals surface area contributed by atoms with Crippen molar-refractivity contribution in [2.45, 2.75) is 43.5 Å². The fourth-order valence-corrected chi connectivity index (χ4v) is 2.69. The number of hydrogen-bond donors (Lipinski definition) is 2. The van der Waals surface area contributed by atoms with E-state index in [1.165, 1.54) is 0 Å². The molecule has 0 aliphatic carbocycles. The van der Waals surface area contributed by atoms with Gasteiger partial charge >= 0.3 is 5.97 Å². The van der Waals surface area contributed by atoms with Crippen LogP contribution in [0.15, 0.2) is 10.2 Å². The maximum Gasteiger partial charge on any atom is 0.334 e. The van der Waals surface area contributed by atoms with Crippen molar-refractivity contribution in [2.24, 2.45) is 10.2 Å². The highest BCUT2D eigenvalue weighted by Crippen LogP contribution is 2.31. The van der Waals surface area contributed by atoms with E-state index in [0.29, 0.717) is 6.42 Å². The van der Waals surface area contributed by atoms with Gasteiger partial charge in [-0.05, 0) is 6.92 Å². The smallest absolute Gasteiger partial charge is 0.334 e. The minimum atomic E-state index is -4.77. The van der Waals surface area contributed by atoms with E-state index >= 15 is 0 Å². The van der Waals surface area contributed by atoms with Gasteiger partial charge in [0, 0.05) is 19.4 Å². The van der Waals surface area contributed by atoms with Crippen LogP contribution in [0.1, 0.15) is 32.6 Å². The van der Waals surface area contributed by atoms with Crippen LogP contribution in [-0.4, -0.2) is 59.2 Å². The summed E-state index contributed by atoms with van der Waals surface area (Å²) in [4.78, 5) is 50.8. The number of nitrogens with zero attached hydrogens (tertiary/aromatic N) is 3. The van der Waals surface area contributed by atoms with Crippen LogP contribution in [0.5, 0.6) is 0 Å². The molecule has 0 saturated carbocycles. The molecule has 25 heavy (non-hydrogen) atoms. The Morgan fingerprint density at radius 3 is 2.52 bits per heavy atom. The predicted octanol–water partition coefficient (Wildman–Crippen LogP) is -1.07. The summed E-state index contributed by atoms with van der Waals surface area (Å²) in [6, 6.07) is 0. The van der Waals surface area contributed by atoms with Crippen LogP contribution in [0.3, 0.4) is 0 Å². The average Bonchev–Trinajstić information content (AvgIpc) is 3.17. The average molecular weight is 376 g/mol. The molecule has 0 aromatic heterocycles. The van der Waals surface area contributed by atoms with Crippen LogP contribution < -0.4 is 5.32 Å². The van der Waals surface area contributed by atoms with Gasteiger partial charge in [0.2, 0.25) is 5.91 Å². The zero-order valence-corrected chi connectivity index (χ0v) is 14.0. The van der Waals surface area contributed by atoms with Gasteiger partial charge in [0.05, 0.1) is 12.8 Å². The number of hydroxylamine groups is 2. The summed E-state index contributed by atoms with van der Waals surface area (Å²) in [5.41, 5.74) is -0.504. The van der Waals surface area contributed by atoms with Gasteiger partial charge in [-0.1, -0.05) is 0 Å². The zero-order chi connectivity index (χ0) is 18.8. The van der Waals surface area contributed by atoms with Crippen LogP contribution in [0.2, 0.25) is 0 Å². The predicted molar refractivity (Wildman–Crippen MR) is 78.0 cm³/mol. The van der Waals surface area contributed by atoms with Crippen molar-refractivity contribution >= 4 is 33.8 Å². The largest absolute Gasteiger partial charge is 0.356 e. The molecule has 2 rings (SSSR count). The van der Waals surface area contributed by atoms with Crippen LogP contribution >= 0.6 is 0 Å². The highest BCUT2D eigenvalue weighted by molar-refractivity contribution is 7.87. The summed E-state index contributed by atoms with van der Waals surface area (Å²) in [5.74, 6) is -3.74. The molecule has 0 aromatic carbocycles. The number of imide groups is 1. The first-order valence-corrected chi connectivity index (χ1v) is 8.77. The molecule has 1 unspecified atom stereocenters. The van der Waals surface area contributed by atoms with E-state index < -0.39 is 45.2 Å². The normalized spacial score (nSPS) is 21.4. The SMILES string of the molecule is CC1(CCC(=O)NCCC(=O)ON2C(=O)CC(S(=O)(=O)O)C2=O)N=N1. The third-order valence-corrected chi connectivity index (χ3v) is 4.62. The molecule has 0 bridgehead atoms. The van der Waals surface area contributed by atoms with Crippen molar-refractivity contribution in [3.63, 3.8) is 0 Å². The van der Waals surface area contributed by atoms with Crippen molar-refractivity contribution in [2.75, 3.05) is 6.54 Å². The quantitative estimate of drug-likeness (QED) is 0.398. The van der Waals surface area contributed by atoms with Gasteiger partial charge < -0.3 is 10.2 Å². The molecule has 0 radical (unpaired) electrons. The number of amides is 3. The van der Waals surface area contributed by atoms with Gasteiger partial charge in [-0.2, -0.15) is 18.6 Å². The Labute approximate surface area is 142 Å². The summed E-state index contributed by atoms with van der Waals surface area (Å²) in [6.07, 6.45) is -0.545. The second-order valence-corrected chi connectivity index (χ2v) is 7.31. The van der Waals surface area contributed by atoms with Crippen molar-refractivity contribution in [3.8, 4) is 0 Å². The Morgan fingerprint density at radius 1 is 1.36 bits per heavy atom. The van der Waals surface area contributed by atoms with Gasteiger partial charge in [0.1, 0.15) is 0 Å². The highest BCUT2D eigenvalue weighted by atomic mass is 32.2. The van der Waals surface area contributed by atoms with Crippen molar-refractivity contribution < 1.29 is 37.0 Å². The minimum absolute atomic E-state index is 0.0134. The van der Waals surface area contributed by atoms with Crippen LogP contribution in [0, 0.1) is 0 Å². The lowest BCUT2D eigenvalue weighted by atomic mass is 10.1. The maximum atomic E-state index is 11.7. The molecule has 0 aromatic rings. The first-order valence-electron chi connectivity index (χ1n) is 7.26. The molecule has 2 N–H and O–H groups in total. The van der Waals surface area contributed by atoms with E-state index in [0.717, 1.165) is 0 Å². The molecule has 1 saturated heterocycles. The Morgan fingerprint density at radius 2 is 2.00 bits per heavy atom. The molecule has 1 atom stereocenters. The standard InChI is InChI=1S/C12H16N4O8S/c1-12(14-15-12)4-2-8(17)13-5-3-10(19)24-16-9(18)6-7(11(16)20)25(21,22)23/h7H,2-6H2,1H3,(H,13,17)(H,21,22,23). The molecule has 1 fully saturated rings. The summed E-state index contributed by atoms with van der Waals surface area (Å²) in [7, 11) is -4.77. The van der Waals surface area contributed by atoms with E-state index in [-0.39, 0.29) is 30.4 Å². The number of hydrogen-bond acceptors (Lipinski definition) is 9. The second-order valence-electron chi connectivity index (χ2n) is 5.71. The van der Waals surface area contributed by atoms with Crippen LogP contribution in [0.4, 0.5) is 0 Å². The molecule has 2 heterocycles. The maximum absolute atomic E-state index is 11.7. The number of nitrogens with one attached hydrogen (secondary N) is 1. The lowest BCUT2D eigenvalue weighted by Gasteiger charge is -2.13. The monoisotopic (exact) mass is 376 g/mol. The topological polar surface area (TPSA) is 172 Å². The highest BCUT2D eigenvalue weighted by Gasteiger charge is 2.48. The second kappa shape index (κ2) is 6.84. The Hall–Kier alpha value is -2.41. The van der Waals surface area contributed by atoms with Crippen LogP contribution in [0.25, 0.3) is 0 Å². The van der Waals surface area contributed by atoms with Crippen LogP contribution in [-0.2, 0) is 34.1 Å². The number of rotatable bonds is 8. The molecule has 138 valence electrons. The first-order chi connectivity index (χ1) is 11.5. The summed E-state index contributed by atoms with van der Waals surface area (Å²) in [5, 5.41) is 7.98. The van der Waals surface area contributed by atoms with Gasteiger partial charge in [-0.25, -0.2) is 4.79 Å². The van der Waals surface area contributed by atoms with E-state index in [1.807, 2.05) is 0 Å². The van der Waals surface area contributed by atoms with Gasteiger partial charge in [0.25, 0.3) is 21.9 Å². The van der Waals surface area contributed by atoms with Crippen molar-refractivity contribution in [1.29, 1.82) is 0 Å². The molecule has 13 heteroatoms. The minimum Gasteiger partial charge on any atom is -0.356 e. The Balaban J connectivity index is 1.72. The molecular formula is C12H16N4O8S. The van der Waals surface area contributed by atoms with E-state index in [1.54, 1.807) is 6.92 Å². The van der Waals surface area contributed by atoms with E-state index in [9.17, 15) is 27.6 Å². The van der Waals surface area contributed by atoms with Gasteiger partial charge in [0.15, 0.2) is 10.9 Å². The third-order valence-electron chi connectivity index (χ3n) is 3.53. The third kappa shape index (κ3) is 5.03. The fraction of sp³-hybridized carbons (Fsp3) is 0.667. The molecule has 3 amide bonds. The lowest BCUT2D eigenvalue weighted by Crippen LogP contribution is -2.37. The molecule has 0 spiro atoms. The molecule has 12 nitrogen and oxygen atoms in total. The fourth-order valence-electron chi connectivity index (χ4n) is 1.99. The first kappa shape index (κ1) is 18.9. The summed E-state index contributed by atoms with van der Waals surface area (Å²) in [6.45, 7) is 1.67. The molecule has 2 aliphatic rings. The summed E-state index contributed by atoms with van der Waals surface area (Å²) < 4.78 is 30.8. The molecule has 2 aliphatic heterocycles. The lowest BCUT2D eigenvalue weighted by molar-refractivity contribution is -0.197. The van der Waals surface area contributed by atoms with Crippen molar-refractivity contribution in [1.82, 2.24) is 10.4 Å².